The van der Waals surface area contributed by atoms with Crippen LogP contribution in [0.1, 0.15) is 75.9 Å². The molecule has 4 nitrogen and oxygen atoms in total. The molecule has 0 spiro atoms. The van der Waals surface area contributed by atoms with Crippen LogP contribution >= 0.6 is 0 Å². The first kappa shape index (κ1) is 21.1. The van der Waals surface area contributed by atoms with Gasteiger partial charge in [-0.05, 0) is 50.7 Å². The van der Waals surface area contributed by atoms with Crippen LogP contribution < -0.4 is 5.73 Å². The van der Waals surface area contributed by atoms with Crippen molar-refractivity contribution in [2.24, 2.45) is 5.73 Å². The Hall–Kier alpha value is -0.940. The summed E-state index contributed by atoms with van der Waals surface area (Å²) < 4.78 is 11.6. The quantitative estimate of drug-likeness (QED) is 0.420. The second-order valence-electron chi connectivity index (χ2n) is 6.19. The van der Waals surface area contributed by atoms with Gasteiger partial charge in [0, 0.05) is 18.8 Å². The van der Waals surface area contributed by atoms with Gasteiger partial charge in [0.25, 0.3) is 0 Å². The molecular weight excluding hydrogens is 302 g/mol. The van der Waals surface area contributed by atoms with Crippen molar-refractivity contribution in [3.8, 4) is 0 Å². The van der Waals surface area contributed by atoms with Crippen molar-refractivity contribution in [1.82, 2.24) is 0 Å². The minimum Gasteiger partial charge on any atom is -0.379 e. The maximum Gasteiger partial charge on any atom is 0.184 e. The number of aliphatic hydroxyl groups is 1. The fraction of sp³-hybridized carbons (Fsp3) is 0.700. The molecular formula is C20H35NO3. The smallest absolute Gasteiger partial charge is 0.184 e. The molecule has 0 fully saturated rings. The zero-order valence-electron chi connectivity index (χ0n) is 15.6. The number of ether oxygens (including phenoxy) is 2. The van der Waals surface area contributed by atoms with Gasteiger partial charge in [-0.1, -0.05) is 44.4 Å². The SMILES string of the molecule is CCCCCCc1ccc(CCC(N)O)c(C(OCC)OCC)c1. The molecule has 0 amide bonds. The number of unbranched alkanes of at least 4 members (excludes halogenated alkanes) is 3. The van der Waals surface area contributed by atoms with E-state index in [0.29, 0.717) is 19.6 Å². The first-order valence-corrected chi connectivity index (χ1v) is 9.40. The molecule has 1 atom stereocenters. The van der Waals surface area contributed by atoms with Gasteiger partial charge in [0.15, 0.2) is 6.29 Å². The van der Waals surface area contributed by atoms with Gasteiger partial charge < -0.3 is 20.3 Å². The van der Waals surface area contributed by atoms with Gasteiger partial charge in [0.2, 0.25) is 0 Å². The van der Waals surface area contributed by atoms with Crippen molar-refractivity contribution in [3.05, 3.63) is 34.9 Å². The Bertz CT molecular complexity index is 443. The van der Waals surface area contributed by atoms with E-state index in [1.54, 1.807) is 0 Å². The molecule has 0 heterocycles. The molecule has 1 aromatic rings. The second kappa shape index (κ2) is 12.4. The molecule has 0 aliphatic heterocycles. The Kier molecular flexibility index (Phi) is 10.9. The Labute approximate surface area is 147 Å². The van der Waals surface area contributed by atoms with Crippen molar-refractivity contribution in [3.63, 3.8) is 0 Å². The Morgan fingerprint density at radius 2 is 1.71 bits per heavy atom. The van der Waals surface area contributed by atoms with E-state index in [9.17, 15) is 5.11 Å². The van der Waals surface area contributed by atoms with E-state index >= 15 is 0 Å². The molecule has 3 N–H and O–H groups in total. The number of hydrogen-bond acceptors (Lipinski definition) is 4. The lowest BCUT2D eigenvalue weighted by Crippen LogP contribution is -2.20. The molecule has 0 saturated carbocycles. The minimum absolute atomic E-state index is 0.347. The van der Waals surface area contributed by atoms with Crippen LogP contribution in [0.2, 0.25) is 0 Å². The number of nitrogens with two attached hydrogens (primary N) is 1. The van der Waals surface area contributed by atoms with Crippen LogP contribution in [0.5, 0.6) is 0 Å². The molecule has 0 aliphatic rings. The van der Waals surface area contributed by atoms with Crippen molar-refractivity contribution < 1.29 is 14.6 Å². The molecule has 0 bridgehead atoms. The lowest BCUT2D eigenvalue weighted by Gasteiger charge is -2.22. The Morgan fingerprint density at radius 3 is 2.29 bits per heavy atom. The van der Waals surface area contributed by atoms with E-state index in [2.05, 4.69) is 25.1 Å². The summed E-state index contributed by atoms with van der Waals surface area (Å²) in [5, 5.41) is 9.39. The maximum atomic E-state index is 9.39. The average molecular weight is 338 g/mol. The van der Waals surface area contributed by atoms with Crippen molar-refractivity contribution in [1.29, 1.82) is 0 Å². The largest absolute Gasteiger partial charge is 0.379 e. The highest BCUT2D eigenvalue weighted by molar-refractivity contribution is 5.33. The molecule has 4 heteroatoms. The molecule has 1 rings (SSSR count). The standard InChI is InChI=1S/C20H35NO3/c1-4-7-8-9-10-16-11-12-17(13-14-19(21)22)18(15-16)20(23-5-2)24-6-3/h11-12,15,19-20,22H,4-10,13-14,21H2,1-3H3. The maximum absolute atomic E-state index is 9.39. The summed E-state index contributed by atoms with van der Waals surface area (Å²) >= 11 is 0. The van der Waals surface area contributed by atoms with Crippen LogP contribution in [0.4, 0.5) is 0 Å². The fourth-order valence-electron chi connectivity index (χ4n) is 2.84. The summed E-state index contributed by atoms with van der Waals surface area (Å²) in [4.78, 5) is 0. The molecule has 24 heavy (non-hydrogen) atoms. The molecule has 138 valence electrons. The first-order chi connectivity index (χ1) is 11.6. The normalized spacial score (nSPS) is 12.8. The van der Waals surface area contributed by atoms with Crippen molar-refractivity contribution >= 4 is 0 Å². The molecule has 0 aromatic heterocycles. The average Bonchev–Trinajstić information content (AvgIpc) is 2.57. The third kappa shape index (κ3) is 7.75. The van der Waals surface area contributed by atoms with E-state index in [-0.39, 0.29) is 6.29 Å². The lowest BCUT2D eigenvalue weighted by atomic mass is 9.96. The van der Waals surface area contributed by atoms with Gasteiger partial charge in [-0.15, -0.1) is 0 Å². The van der Waals surface area contributed by atoms with E-state index < -0.39 is 6.23 Å². The summed E-state index contributed by atoms with van der Waals surface area (Å²) in [5.74, 6) is 0. The van der Waals surface area contributed by atoms with Crippen LogP contribution in [0, 0.1) is 0 Å². The van der Waals surface area contributed by atoms with Gasteiger partial charge >= 0.3 is 0 Å². The van der Waals surface area contributed by atoms with Crippen LogP contribution in [0.3, 0.4) is 0 Å². The first-order valence-electron chi connectivity index (χ1n) is 9.40. The molecule has 1 unspecified atom stereocenters. The van der Waals surface area contributed by atoms with Gasteiger partial charge in [-0.25, -0.2) is 0 Å². The highest BCUT2D eigenvalue weighted by Gasteiger charge is 2.17. The lowest BCUT2D eigenvalue weighted by molar-refractivity contribution is -0.140. The van der Waals surface area contributed by atoms with E-state index in [1.165, 1.54) is 31.2 Å². The molecule has 0 radical (unpaired) electrons. The fourth-order valence-corrected chi connectivity index (χ4v) is 2.84. The van der Waals surface area contributed by atoms with Gasteiger partial charge in [0.1, 0.15) is 6.23 Å². The third-order valence-electron chi connectivity index (χ3n) is 4.13. The second-order valence-corrected chi connectivity index (χ2v) is 6.19. The summed E-state index contributed by atoms with van der Waals surface area (Å²) in [6, 6.07) is 6.53. The Morgan fingerprint density at radius 1 is 1.00 bits per heavy atom. The number of hydrogen-bond donors (Lipinski definition) is 2. The van der Waals surface area contributed by atoms with Gasteiger partial charge in [0.05, 0.1) is 0 Å². The highest BCUT2D eigenvalue weighted by atomic mass is 16.7. The predicted molar refractivity (Wildman–Crippen MR) is 98.8 cm³/mol. The minimum atomic E-state index is -0.788. The number of rotatable bonds is 13. The molecule has 0 aliphatic carbocycles. The molecule has 1 aromatic carbocycles. The Balaban J connectivity index is 2.92. The zero-order valence-corrected chi connectivity index (χ0v) is 15.6. The molecule has 0 saturated heterocycles. The summed E-state index contributed by atoms with van der Waals surface area (Å²) in [6.07, 6.45) is 6.23. The summed E-state index contributed by atoms with van der Waals surface area (Å²) in [5.41, 5.74) is 9.04. The monoisotopic (exact) mass is 337 g/mol. The summed E-state index contributed by atoms with van der Waals surface area (Å²) in [7, 11) is 0. The van der Waals surface area contributed by atoms with Crippen LogP contribution in [-0.4, -0.2) is 24.5 Å². The zero-order chi connectivity index (χ0) is 17.8. The van der Waals surface area contributed by atoms with Crippen molar-refractivity contribution in [2.75, 3.05) is 13.2 Å². The van der Waals surface area contributed by atoms with Crippen molar-refractivity contribution in [2.45, 2.75) is 78.2 Å². The van der Waals surface area contributed by atoms with Gasteiger partial charge in [-0.2, -0.15) is 0 Å². The van der Waals surface area contributed by atoms with E-state index in [0.717, 1.165) is 24.0 Å². The third-order valence-corrected chi connectivity index (χ3v) is 4.13. The van der Waals surface area contributed by atoms with Crippen LogP contribution in [0.15, 0.2) is 18.2 Å². The number of aliphatic hydroxyl groups excluding tert-OH is 1. The topological polar surface area (TPSA) is 64.7 Å². The summed E-state index contributed by atoms with van der Waals surface area (Å²) in [6.45, 7) is 7.39. The highest BCUT2D eigenvalue weighted by Crippen LogP contribution is 2.26. The number of benzene rings is 1. The van der Waals surface area contributed by atoms with E-state index in [1.807, 2.05) is 13.8 Å². The van der Waals surface area contributed by atoms with Gasteiger partial charge in [-0.3, -0.25) is 0 Å². The number of aryl methyl sites for hydroxylation is 2. The van der Waals surface area contributed by atoms with Crippen LogP contribution in [0.25, 0.3) is 0 Å². The van der Waals surface area contributed by atoms with E-state index in [4.69, 9.17) is 15.2 Å². The van der Waals surface area contributed by atoms with Crippen LogP contribution in [-0.2, 0) is 22.3 Å². The predicted octanol–water partition coefficient (Wildman–Crippen LogP) is 4.09.